The highest BCUT2D eigenvalue weighted by Crippen LogP contribution is 2.39. The zero-order valence-corrected chi connectivity index (χ0v) is 14.8. The fourth-order valence-corrected chi connectivity index (χ4v) is 5.82. The zero-order valence-electron chi connectivity index (χ0n) is 13.2. The highest BCUT2D eigenvalue weighted by atomic mass is 32.2. The molecule has 0 unspecified atom stereocenters. The van der Waals surface area contributed by atoms with Crippen molar-refractivity contribution in [3.05, 3.63) is 17.0 Å². The topological polar surface area (TPSA) is 49.4 Å². The van der Waals surface area contributed by atoms with Crippen molar-refractivity contribution in [2.24, 2.45) is 5.41 Å². The lowest BCUT2D eigenvalue weighted by molar-refractivity contribution is 0.280. The van der Waals surface area contributed by atoms with E-state index in [0.29, 0.717) is 17.3 Å². The Labute approximate surface area is 132 Å². The van der Waals surface area contributed by atoms with Gasteiger partial charge in [0.2, 0.25) is 0 Å². The first-order valence-electron chi connectivity index (χ1n) is 7.75. The fraction of sp³-hybridized carbons (Fsp3) is 0.733. The Morgan fingerprint density at radius 3 is 2.62 bits per heavy atom. The van der Waals surface area contributed by atoms with Gasteiger partial charge >= 0.3 is 0 Å². The summed E-state index contributed by atoms with van der Waals surface area (Å²) in [5.74, 6) is 0. The van der Waals surface area contributed by atoms with Crippen LogP contribution in [-0.4, -0.2) is 32.4 Å². The van der Waals surface area contributed by atoms with Crippen LogP contribution in [0.5, 0.6) is 0 Å². The third-order valence-corrected chi connectivity index (χ3v) is 8.02. The molecule has 1 fully saturated rings. The Balaban J connectivity index is 2.14. The molecule has 0 atom stereocenters. The molecule has 1 aliphatic rings. The molecular weight excluding hydrogens is 304 g/mol. The highest BCUT2D eigenvalue weighted by Gasteiger charge is 2.41. The lowest BCUT2D eigenvalue weighted by Gasteiger charge is -2.26. The van der Waals surface area contributed by atoms with E-state index in [1.165, 1.54) is 11.3 Å². The molecule has 0 saturated carbocycles. The fourth-order valence-electron chi connectivity index (χ4n) is 2.90. The maximum atomic E-state index is 12.8. The maximum absolute atomic E-state index is 12.8. The molecule has 0 spiro atoms. The van der Waals surface area contributed by atoms with Crippen molar-refractivity contribution in [3.8, 4) is 0 Å². The average molecular weight is 331 g/mol. The highest BCUT2D eigenvalue weighted by molar-refractivity contribution is 7.91. The molecule has 0 amide bonds. The van der Waals surface area contributed by atoms with Crippen molar-refractivity contribution < 1.29 is 8.42 Å². The summed E-state index contributed by atoms with van der Waals surface area (Å²) < 4.78 is 27.7. The van der Waals surface area contributed by atoms with Gasteiger partial charge in [0.25, 0.3) is 10.0 Å². The predicted molar refractivity (Wildman–Crippen MR) is 88.1 cm³/mol. The minimum Gasteiger partial charge on any atom is -0.313 e. The van der Waals surface area contributed by atoms with Gasteiger partial charge in [0.1, 0.15) is 4.21 Å². The van der Waals surface area contributed by atoms with E-state index >= 15 is 0 Å². The zero-order chi connectivity index (χ0) is 15.5. The van der Waals surface area contributed by atoms with Crippen LogP contribution in [0.2, 0.25) is 0 Å². The van der Waals surface area contributed by atoms with E-state index in [1.807, 2.05) is 18.4 Å². The second kappa shape index (κ2) is 6.77. The summed E-state index contributed by atoms with van der Waals surface area (Å²) in [4.78, 5) is 0. The molecule has 120 valence electrons. The van der Waals surface area contributed by atoms with Gasteiger partial charge in [-0.1, -0.05) is 20.8 Å². The van der Waals surface area contributed by atoms with Crippen LogP contribution in [0.4, 0.5) is 0 Å². The molecule has 0 aromatic carbocycles. The van der Waals surface area contributed by atoms with E-state index in [2.05, 4.69) is 19.2 Å². The average Bonchev–Trinajstić information content (AvgIpc) is 3.13. The van der Waals surface area contributed by atoms with Gasteiger partial charge in [0.15, 0.2) is 0 Å². The van der Waals surface area contributed by atoms with Gasteiger partial charge in [-0.25, -0.2) is 8.42 Å². The lowest BCUT2D eigenvalue weighted by Crippen LogP contribution is -2.31. The Hall–Kier alpha value is -0.430. The molecule has 2 rings (SSSR count). The van der Waals surface area contributed by atoms with Crippen molar-refractivity contribution in [2.75, 3.05) is 19.6 Å². The molecule has 1 N–H and O–H groups in total. The van der Waals surface area contributed by atoms with Crippen LogP contribution in [0.3, 0.4) is 0 Å². The summed E-state index contributed by atoms with van der Waals surface area (Å²) >= 11 is 1.34. The van der Waals surface area contributed by atoms with Crippen LogP contribution >= 0.6 is 11.3 Å². The van der Waals surface area contributed by atoms with E-state index in [4.69, 9.17) is 0 Å². The Morgan fingerprint density at radius 1 is 1.33 bits per heavy atom. The van der Waals surface area contributed by atoms with Gasteiger partial charge < -0.3 is 5.32 Å². The first kappa shape index (κ1) is 16.9. The second-order valence-electron chi connectivity index (χ2n) is 5.85. The molecule has 1 aromatic heterocycles. The lowest BCUT2D eigenvalue weighted by atomic mass is 9.82. The Bertz CT molecular complexity index is 562. The molecule has 1 aliphatic heterocycles. The second-order valence-corrected chi connectivity index (χ2v) is 8.93. The molecule has 21 heavy (non-hydrogen) atoms. The Morgan fingerprint density at radius 2 is 2.05 bits per heavy atom. The molecule has 4 nitrogen and oxygen atoms in total. The first-order valence-corrected chi connectivity index (χ1v) is 10.1. The SMILES string of the molecule is CCNCc1csc(S(=O)(=O)N2CCC(CC)(CC)C2)c1. The standard InChI is InChI=1S/C15H26N2O2S2/c1-4-15(5-2)7-8-17(12-15)21(18,19)14-9-13(11-20-14)10-16-6-3/h9,11,16H,4-8,10,12H2,1-3H3. The maximum Gasteiger partial charge on any atom is 0.252 e. The number of hydrogen-bond donors (Lipinski definition) is 1. The van der Waals surface area contributed by atoms with Gasteiger partial charge in [-0.05, 0) is 48.2 Å². The molecule has 0 radical (unpaired) electrons. The molecule has 1 saturated heterocycles. The molecule has 2 heterocycles. The van der Waals surface area contributed by atoms with Gasteiger partial charge in [0.05, 0.1) is 0 Å². The van der Waals surface area contributed by atoms with Crippen LogP contribution in [-0.2, 0) is 16.6 Å². The number of rotatable bonds is 7. The number of sulfonamides is 1. The van der Waals surface area contributed by atoms with Gasteiger partial charge in [-0.15, -0.1) is 11.3 Å². The summed E-state index contributed by atoms with van der Waals surface area (Å²) in [6, 6.07) is 1.82. The Kier molecular flexibility index (Phi) is 5.46. The first-order chi connectivity index (χ1) is 9.97. The summed E-state index contributed by atoms with van der Waals surface area (Å²) in [5.41, 5.74) is 1.23. The van der Waals surface area contributed by atoms with Gasteiger partial charge in [-0.2, -0.15) is 4.31 Å². The minimum atomic E-state index is -3.31. The molecule has 6 heteroatoms. The molecule has 0 aliphatic carbocycles. The summed E-state index contributed by atoms with van der Waals surface area (Å²) in [5, 5.41) is 5.17. The summed E-state index contributed by atoms with van der Waals surface area (Å²) in [7, 11) is -3.31. The van der Waals surface area contributed by atoms with Gasteiger partial charge in [-0.3, -0.25) is 0 Å². The van der Waals surface area contributed by atoms with Crippen molar-refractivity contribution in [2.45, 2.75) is 50.8 Å². The normalized spacial score (nSPS) is 19.2. The molecule has 0 bridgehead atoms. The van der Waals surface area contributed by atoms with E-state index in [-0.39, 0.29) is 5.41 Å². The molecule has 1 aromatic rings. The van der Waals surface area contributed by atoms with E-state index < -0.39 is 10.0 Å². The third-order valence-electron chi connectivity index (χ3n) is 4.71. The van der Waals surface area contributed by atoms with Crippen molar-refractivity contribution in [1.82, 2.24) is 9.62 Å². The number of thiophene rings is 1. The van der Waals surface area contributed by atoms with Crippen molar-refractivity contribution >= 4 is 21.4 Å². The van der Waals surface area contributed by atoms with Crippen LogP contribution < -0.4 is 5.32 Å². The van der Waals surface area contributed by atoms with E-state index in [0.717, 1.165) is 37.9 Å². The number of nitrogens with one attached hydrogen (secondary N) is 1. The quantitative estimate of drug-likeness (QED) is 0.836. The van der Waals surface area contributed by atoms with Crippen LogP contribution in [0, 0.1) is 5.41 Å². The largest absolute Gasteiger partial charge is 0.313 e. The monoisotopic (exact) mass is 330 g/mol. The van der Waals surface area contributed by atoms with Crippen LogP contribution in [0.25, 0.3) is 0 Å². The van der Waals surface area contributed by atoms with Crippen molar-refractivity contribution in [3.63, 3.8) is 0 Å². The van der Waals surface area contributed by atoms with Crippen LogP contribution in [0.1, 0.15) is 45.6 Å². The van der Waals surface area contributed by atoms with E-state index in [1.54, 1.807) is 4.31 Å². The number of hydrogen-bond acceptors (Lipinski definition) is 4. The smallest absolute Gasteiger partial charge is 0.252 e. The third kappa shape index (κ3) is 3.50. The predicted octanol–water partition coefficient (Wildman–Crippen LogP) is 3.06. The molecular formula is C15H26N2O2S2. The number of nitrogens with zero attached hydrogens (tertiary/aromatic N) is 1. The van der Waals surface area contributed by atoms with Crippen LogP contribution in [0.15, 0.2) is 15.7 Å². The summed E-state index contributed by atoms with van der Waals surface area (Å²) in [6.45, 7) is 9.32. The van der Waals surface area contributed by atoms with Gasteiger partial charge in [0, 0.05) is 19.6 Å². The summed E-state index contributed by atoms with van der Waals surface area (Å²) in [6.07, 6.45) is 3.08. The minimum absolute atomic E-state index is 0.178. The van der Waals surface area contributed by atoms with Crippen molar-refractivity contribution in [1.29, 1.82) is 0 Å². The van der Waals surface area contributed by atoms with E-state index in [9.17, 15) is 8.42 Å².